The van der Waals surface area contributed by atoms with Gasteiger partial charge in [0.25, 0.3) is 0 Å². The van der Waals surface area contributed by atoms with Crippen LogP contribution in [0.2, 0.25) is 5.02 Å². The van der Waals surface area contributed by atoms with E-state index in [4.69, 9.17) is 21.1 Å². The van der Waals surface area contributed by atoms with Crippen LogP contribution in [0.5, 0.6) is 11.5 Å². The van der Waals surface area contributed by atoms with Crippen LogP contribution in [0.3, 0.4) is 0 Å². The van der Waals surface area contributed by atoms with Crippen LogP contribution < -0.4 is 24.8 Å². The molecule has 3 N–H and O–H groups in total. The van der Waals surface area contributed by atoms with Gasteiger partial charge in [0.05, 0.1) is 18.1 Å². The minimum atomic E-state index is -3.63. The lowest BCUT2D eigenvalue weighted by Gasteiger charge is -2.14. The lowest BCUT2D eigenvalue weighted by Crippen LogP contribution is -2.37. The monoisotopic (exact) mass is 438 g/mol. The second-order valence-electron chi connectivity index (χ2n) is 6.19. The summed E-state index contributed by atoms with van der Waals surface area (Å²) in [5, 5.41) is 6.57. The van der Waals surface area contributed by atoms with Gasteiger partial charge in [-0.3, -0.25) is 4.99 Å². The maximum Gasteiger partial charge on any atom is 0.240 e. The van der Waals surface area contributed by atoms with Crippen LogP contribution in [0.25, 0.3) is 0 Å². The van der Waals surface area contributed by atoms with Gasteiger partial charge >= 0.3 is 0 Å². The van der Waals surface area contributed by atoms with E-state index in [2.05, 4.69) is 20.3 Å². The molecule has 0 atom stereocenters. The zero-order chi connectivity index (χ0) is 20.7. The topological polar surface area (TPSA) is 101 Å². The van der Waals surface area contributed by atoms with Crippen molar-refractivity contribution in [2.75, 3.05) is 38.7 Å². The molecule has 0 radical (unpaired) electrons. The molecule has 1 heterocycles. The van der Waals surface area contributed by atoms with Crippen LogP contribution in [-0.4, -0.2) is 47.7 Å². The summed E-state index contributed by atoms with van der Waals surface area (Å²) in [4.78, 5) is 4.27. The molecule has 0 aliphatic carbocycles. The van der Waals surface area contributed by atoms with Gasteiger partial charge in [0.2, 0.25) is 10.0 Å². The third-order valence-electron chi connectivity index (χ3n) is 4.05. The van der Waals surface area contributed by atoms with Crippen molar-refractivity contribution in [1.29, 1.82) is 0 Å². The summed E-state index contributed by atoms with van der Waals surface area (Å²) in [5.74, 6) is 1.89. The summed E-state index contributed by atoms with van der Waals surface area (Å²) in [6, 6.07) is 11.7. The summed E-state index contributed by atoms with van der Waals surface area (Å²) in [7, 11) is -1.99. The summed E-state index contributed by atoms with van der Waals surface area (Å²) < 4.78 is 38.4. The standard InChI is InChI=1S/C19H23ClN4O4S/c1-21-19(24-15-6-7-17-18(13-15)28-11-3-10-27-17)22-8-9-23-29(25,26)16-5-2-4-14(20)12-16/h2,4-7,12-13,23H,3,8-11H2,1H3,(H2,21,22,24). The number of guanidine groups is 1. The molecule has 1 aliphatic heterocycles. The Morgan fingerprint density at radius 3 is 2.66 bits per heavy atom. The molecule has 0 bridgehead atoms. The number of nitrogens with one attached hydrogen (secondary N) is 3. The highest BCUT2D eigenvalue weighted by atomic mass is 35.5. The Labute approximate surface area is 175 Å². The molecule has 0 saturated carbocycles. The first-order valence-corrected chi connectivity index (χ1v) is 11.0. The number of benzene rings is 2. The number of ether oxygens (including phenoxy) is 2. The number of aliphatic imine (C=N–C) groups is 1. The Hall–Kier alpha value is -2.49. The molecule has 2 aromatic carbocycles. The Morgan fingerprint density at radius 1 is 1.10 bits per heavy atom. The van der Waals surface area contributed by atoms with Crippen molar-refractivity contribution in [3.8, 4) is 11.5 Å². The highest BCUT2D eigenvalue weighted by molar-refractivity contribution is 7.89. The molecular formula is C19H23ClN4O4S. The smallest absolute Gasteiger partial charge is 0.240 e. The second-order valence-corrected chi connectivity index (χ2v) is 8.39. The van der Waals surface area contributed by atoms with Gasteiger partial charge in [-0.05, 0) is 30.3 Å². The predicted molar refractivity (Wildman–Crippen MR) is 114 cm³/mol. The molecular weight excluding hydrogens is 416 g/mol. The molecule has 0 saturated heterocycles. The van der Waals surface area contributed by atoms with E-state index >= 15 is 0 Å². The van der Waals surface area contributed by atoms with Crippen LogP contribution in [0.15, 0.2) is 52.4 Å². The van der Waals surface area contributed by atoms with E-state index in [1.807, 2.05) is 18.2 Å². The minimum absolute atomic E-state index is 0.125. The number of sulfonamides is 1. The van der Waals surface area contributed by atoms with Gasteiger partial charge in [-0.2, -0.15) is 0 Å². The molecule has 0 amide bonds. The Balaban J connectivity index is 1.51. The molecule has 1 aliphatic rings. The van der Waals surface area contributed by atoms with Gasteiger partial charge in [-0.15, -0.1) is 0 Å². The number of rotatable bonds is 6. The van der Waals surface area contributed by atoms with Gasteiger partial charge in [0.1, 0.15) is 0 Å². The van der Waals surface area contributed by atoms with Crippen molar-refractivity contribution >= 4 is 33.3 Å². The fourth-order valence-electron chi connectivity index (χ4n) is 2.64. The number of fused-ring (bicyclic) bond motifs is 1. The van der Waals surface area contributed by atoms with E-state index in [0.717, 1.165) is 12.1 Å². The first kappa shape index (κ1) is 21.2. The molecule has 10 heteroatoms. The molecule has 0 unspecified atom stereocenters. The molecule has 0 fully saturated rings. The van der Waals surface area contributed by atoms with Crippen molar-refractivity contribution in [2.24, 2.45) is 4.99 Å². The van der Waals surface area contributed by atoms with E-state index in [1.165, 1.54) is 12.1 Å². The van der Waals surface area contributed by atoms with Crippen LogP contribution >= 0.6 is 11.6 Å². The molecule has 3 rings (SSSR count). The van der Waals surface area contributed by atoms with Crippen molar-refractivity contribution in [2.45, 2.75) is 11.3 Å². The van der Waals surface area contributed by atoms with Gasteiger partial charge in [-0.25, -0.2) is 13.1 Å². The van der Waals surface area contributed by atoms with Gasteiger partial charge in [-0.1, -0.05) is 17.7 Å². The maximum atomic E-state index is 12.3. The summed E-state index contributed by atoms with van der Waals surface area (Å²) >= 11 is 5.86. The number of anilines is 1. The first-order chi connectivity index (χ1) is 14.0. The molecule has 2 aromatic rings. The number of halogens is 1. The largest absolute Gasteiger partial charge is 0.490 e. The maximum absolute atomic E-state index is 12.3. The van der Waals surface area contributed by atoms with Gasteiger partial charge < -0.3 is 20.1 Å². The molecule has 0 aromatic heterocycles. The Bertz CT molecular complexity index is 982. The highest BCUT2D eigenvalue weighted by Gasteiger charge is 2.14. The predicted octanol–water partition coefficient (Wildman–Crippen LogP) is 2.47. The number of hydrogen-bond acceptors (Lipinski definition) is 5. The third-order valence-corrected chi connectivity index (χ3v) is 5.74. The fourth-order valence-corrected chi connectivity index (χ4v) is 3.97. The summed E-state index contributed by atoms with van der Waals surface area (Å²) in [6.45, 7) is 1.75. The number of hydrogen-bond donors (Lipinski definition) is 3. The van der Waals surface area contributed by atoms with E-state index in [9.17, 15) is 8.42 Å². The van der Waals surface area contributed by atoms with Crippen LogP contribution in [0.1, 0.15) is 6.42 Å². The molecule has 156 valence electrons. The van der Waals surface area contributed by atoms with E-state index in [-0.39, 0.29) is 11.4 Å². The molecule has 29 heavy (non-hydrogen) atoms. The average Bonchev–Trinajstić information content (AvgIpc) is 2.95. The van der Waals surface area contributed by atoms with E-state index in [0.29, 0.717) is 42.2 Å². The second kappa shape index (κ2) is 9.82. The fraction of sp³-hybridized carbons (Fsp3) is 0.316. The highest BCUT2D eigenvalue weighted by Crippen LogP contribution is 2.32. The molecule has 0 spiro atoms. The van der Waals surface area contributed by atoms with Crippen LogP contribution in [0.4, 0.5) is 5.69 Å². The van der Waals surface area contributed by atoms with Gasteiger partial charge in [0, 0.05) is 43.3 Å². The third kappa shape index (κ3) is 5.99. The van der Waals surface area contributed by atoms with Crippen LogP contribution in [0, 0.1) is 0 Å². The normalized spacial score (nSPS) is 14.2. The summed E-state index contributed by atoms with van der Waals surface area (Å²) in [5.41, 5.74) is 0.779. The number of nitrogens with zero attached hydrogens (tertiary/aromatic N) is 1. The zero-order valence-corrected chi connectivity index (χ0v) is 17.5. The van der Waals surface area contributed by atoms with Crippen molar-refractivity contribution in [3.63, 3.8) is 0 Å². The van der Waals surface area contributed by atoms with Crippen LogP contribution in [-0.2, 0) is 10.0 Å². The Kier molecular flexibility index (Phi) is 7.18. The minimum Gasteiger partial charge on any atom is -0.490 e. The lowest BCUT2D eigenvalue weighted by molar-refractivity contribution is 0.297. The quantitative estimate of drug-likeness (QED) is 0.364. The van der Waals surface area contributed by atoms with E-state index < -0.39 is 10.0 Å². The summed E-state index contributed by atoms with van der Waals surface area (Å²) in [6.07, 6.45) is 0.839. The van der Waals surface area contributed by atoms with Crippen molar-refractivity contribution in [3.05, 3.63) is 47.5 Å². The van der Waals surface area contributed by atoms with E-state index in [1.54, 1.807) is 19.2 Å². The van der Waals surface area contributed by atoms with Crippen molar-refractivity contribution < 1.29 is 17.9 Å². The average molecular weight is 439 g/mol. The SMILES string of the molecule is CN=C(NCCNS(=O)(=O)c1cccc(Cl)c1)Nc1ccc2c(c1)OCCCO2. The molecule has 8 nitrogen and oxygen atoms in total. The van der Waals surface area contributed by atoms with Gasteiger partial charge in [0.15, 0.2) is 17.5 Å². The first-order valence-electron chi connectivity index (χ1n) is 9.10. The Morgan fingerprint density at radius 2 is 1.90 bits per heavy atom. The lowest BCUT2D eigenvalue weighted by atomic mass is 10.3. The zero-order valence-electron chi connectivity index (χ0n) is 15.9. The van der Waals surface area contributed by atoms with Crippen molar-refractivity contribution in [1.82, 2.24) is 10.0 Å².